The smallest absolute Gasteiger partial charge is 0.369 e. The van der Waals surface area contributed by atoms with Crippen molar-refractivity contribution in [2.45, 2.75) is 44.4 Å². The van der Waals surface area contributed by atoms with Crippen LogP contribution in [0, 0.1) is 17.8 Å². The fourth-order valence-electron chi connectivity index (χ4n) is 5.95. The third kappa shape index (κ3) is 6.43. The van der Waals surface area contributed by atoms with E-state index in [1.165, 1.54) is 24.2 Å². The summed E-state index contributed by atoms with van der Waals surface area (Å²) in [5, 5.41) is 8.99. The van der Waals surface area contributed by atoms with Gasteiger partial charge in [0.25, 0.3) is 17.7 Å². The molecule has 3 aromatic rings. The summed E-state index contributed by atoms with van der Waals surface area (Å²) in [4.78, 5) is 66.2. The van der Waals surface area contributed by atoms with Gasteiger partial charge < -0.3 is 14.8 Å². The van der Waals surface area contributed by atoms with E-state index in [1.54, 1.807) is 38.2 Å². The lowest BCUT2D eigenvalue weighted by atomic mass is 9.98. The van der Waals surface area contributed by atoms with Crippen LogP contribution in [0.1, 0.15) is 58.5 Å². The SMILES string of the molecule is CC(C)(C(=O)Nc1ccc(C(F)(F)F)cc1P(C)(C)=O)n1cc(C#CC2CN(c3ccc4c(c3)C(=O)N(C3CCC(=O)NC3=O)C4=O)C2)cn1. The maximum atomic E-state index is 13.3. The maximum Gasteiger partial charge on any atom is 0.416 e. The molecule has 2 fully saturated rings. The van der Waals surface area contributed by atoms with Crippen molar-refractivity contribution in [2.75, 3.05) is 36.6 Å². The monoisotopic (exact) mass is 708 g/mol. The Morgan fingerprint density at radius 2 is 1.72 bits per heavy atom. The summed E-state index contributed by atoms with van der Waals surface area (Å²) in [6.07, 6.45) is -1.45. The molecule has 260 valence electrons. The largest absolute Gasteiger partial charge is 0.416 e. The fraction of sp³-hybridized carbons (Fsp3) is 0.353. The van der Waals surface area contributed by atoms with E-state index in [-0.39, 0.29) is 40.9 Å². The molecule has 3 aliphatic heterocycles. The number of piperidine rings is 1. The highest BCUT2D eigenvalue weighted by atomic mass is 31.2. The highest BCUT2D eigenvalue weighted by Gasteiger charge is 2.45. The minimum atomic E-state index is -4.64. The van der Waals surface area contributed by atoms with Crippen LogP contribution in [-0.2, 0) is 30.7 Å². The lowest BCUT2D eigenvalue weighted by Gasteiger charge is -2.38. The number of hydrogen-bond acceptors (Lipinski definition) is 8. The van der Waals surface area contributed by atoms with Gasteiger partial charge >= 0.3 is 6.18 Å². The van der Waals surface area contributed by atoms with Crippen LogP contribution in [-0.4, -0.2) is 76.7 Å². The van der Waals surface area contributed by atoms with Gasteiger partial charge in [0.05, 0.1) is 40.1 Å². The van der Waals surface area contributed by atoms with Crippen molar-refractivity contribution < 1.29 is 41.7 Å². The van der Waals surface area contributed by atoms with Crippen LogP contribution >= 0.6 is 7.14 Å². The Kier molecular flexibility index (Phi) is 8.51. The first-order valence-corrected chi connectivity index (χ1v) is 18.2. The van der Waals surface area contributed by atoms with E-state index in [2.05, 4.69) is 27.6 Å². The van der Waals surface area contributed by atoms with Crippen LogP contribution in [0.25, 0.3) is 0 Å². The number of nitrogens with zero attached hydrogens (tertiary/aromatic N) is 4. The van der Waals surface area contributed by atoms with Crippen molar-refractivity contribution in [3.05, 3.63) is 71.0 Å². The zero-order valence-electron chi connectivity index (χ0n) is 27.4. The summed E-state index contributed by atoms with van der Waals surface area (Å²) in [7, 11) is -3.20. The molecule has 50 heavy (non-hydrogen) atoms. The molecule has 12 nitrogen and oxygen atoms in total. The number of carbonyl (C=O) groups is 5. The standard InChI is InChI=1S/C34H32F3N6O6P/c1-33(2,32(48)39-25-10-7-21(34(35,36)37)13-27(25)50(3,4)49)42-18-19(15-38-42)5-6-20-16-41(17-20)22-8-9-23-24(14-22)31(47)43(30(23)46)26-11-12-28(44)40-29(26)45/h7-10,13-15,18,20,26H,11-12,16-17H2,1-4H3,(H,39,48)(H,40,44,45). The Bertz CT molecular complexity index is 2090. The Morgan fingerprint density at radius 3 is 2.38 bits per heavy atom. The van der Waals surface area contributed by atoms with Crippen molar-refractivity contribution >= 4 is 53.4 Å². The van der Waals surface area contributed by atoms with E-state index >= 15 is 0 Å². The van der Waals surface area contributed by atoms with Gasteiger partial charge in [-0.1, -0.05) is 11.8 Å². The average Bonchev–Trinajstić information content (AvgIpc) is 3.58. The van der Waals surface area contributed by atoms with Crippen molar-refractivity contribution in [2.24, 2.45) is 5.92 Å². The van der Waals surface area contributed by atoms with E-state index in [1.807, 2.05) is 4.90 Å². The Labute approximate surface area is 284 Å². The van der Waals surface area contributed by atoms with Crippen molar-refractivity contribution in [1.82, 2.24) is 20.0 Å². The van der Waals surface area contributed by atoms with Crippen LogP contribution in [0.5, 0.6) is 0 Å². The number of amides is 5. The highest BCUT2D eigenvalue weighted by Crippen LogP contribution is 2.41. The second-order valence-electron chi connectivity index (χ2n) is 13.3. The van der Waals surface area contributed by atoms with Gasteiger partial charge in [-0.2, -0.15) is 18.3 Å². The van der Waals surface area contributed by atoms with E-state index in [4.69, 9.17) is 0 Å². The number of benzene rings is 2. The van der Waals surface area contributed by atoms with Crippen molar-refractivity contribution in [3.8, 4) is 11.8 Å². The van der Waals surface area contributed by atoms with Crippen molar-refractivity contribution in [1.29, 1.82) is 0 Å². The molecule has 0 bridgehead atoms. The molecular weight excluding hydrogens is 676 g/mol. The van der Waals surface area contributed by atoms with Gasteiger partial charge in [0.1, 0.15) is 18.7 Å². The Hall–Kier alpha value is -5.22. The first-order valence-electron chi connectivity index (χ1n) is 15.6. The molecule has 2 N–H and O–H groups in total. The number of fused-ring (bicyclic) bond motifs is 1. The van der Waals surface area contributed by atoms with Gasteiger partial charge in [-0.05, 0) is 70.0 Å². The molecule has 3 aliphatic rings. The summed E-state index contributed by atoms with van der Waals surface area (Å²) >= 11 is 0. The number of anilines is 2. The van der Waals surface area contributed by atoms with Crippen LogP contribution < -0.4 is 20.8 Å². The molecule has 0 aliphatic carbocycles. The molecule has 2 aromatic carbocycles. The molecule has 2 saturated heterocycles. The molecule has 6 rings (SSSR count). The third-order valence-corrected chi connectivity index (χ3v) is 10.5. The first kappa shape index (κ1) is 34.6. The zero-order chi connectivity index (χ0) is 36.3. The fourth-order valence-corrected chi connectivity index (χ4v) is 7.11. The summed E-state index contributed by atoms with van der Waals surface area (Å²) in [6, 6.07) is 6.60. The van der Waals surface area contributed by atoms with Gasteiger partial charge in [-0.3, -0.25) is 38.9 Å². The minimum absolute atomic E-state index is 0.0251. The third-order valence-electron chi connectivity index (χ3n) is 8.96. The molecule has 0 radical (unpaired) electrons. The molecular formula is C34H32F3N6O6P. The van der Waals surface area contributed by atoms with Crippen LogP contribution in [0.3, 0.4) is 0 Å². The summed E-state index contributed by atoms with van der Waals surface area (Å²) in [5.74, 6) is 3.34. The zero-order valence-corrected chi connectivity index (χ0v) is 28.3. The molecule has 1 aromatic heterocycles. The van der Waals surface area contributed by atoms with Gasteiger partial charge in [0, 0.05) is 36.7 Å². The van der Waals surface area contributed by atoms with Gasteiger partial charge in [0.15, 0.2) is 0 Å². The number of halogens is 3. The second-order valence-corrected chi connectivity index (χ2v) is 16.5. The average molecular weight is 709 g/mol. The Morgan fingerprint density at radius 1 is 1.02 bits per heavy atom. The predicted octanol–water partition coefficient (Wildman–Crippen LogP) is 3.41. The van der Waals surface area contributed by atoms with Gasteiger partial charge in [-0.25, -0.2) is 0 Å². The molecule has 0 spiro atoms. The summed E-state index contributed by atoms with van der Waals surface area (Å²) < 4.78 is 54.1. The van der Waals surface area contributed by atoms with Crippen molar-refractivity contribution in [3.63, 3.8) is 0 Å². The lowest BCUT2D eigenvalue weighted by Crippen LogP contribution is -2.54. The molecule has 1 atom stereocenters. The molecule has 4 heterocycles. The molecule has 0 saturated carbocycles. The quantitative estimate of drug-likeness (QED) is 0.225. The number of rotatable bonds is 6. The molecule has 5 amide bonds. The van der Waals surface area contributed by atoms with Crippen LogP contribution in [0.2, 0.25) is 0 Å². The summed E-state index contributed by atoms with van der Waals surface area (Å²) in [6.45, 7) is 6.91. The molecule has 1 unspecified atom stereocenters. The normalized spacial score (nSPS) is 18.3. The Balaban J connectivity index is 1.09. The van der Waals surface area contributed by atoms with Gasteiger partial charge in [0.2, 0.25) is 11.8 Å². The first-order chi connectivity index (χ1) is 23.3. The number of nitrogens with one attached hydrogen (secondary N) is 2. The minimum Gasteiger partial charge on any atom is -0.369 e. The summed E-state index contributed by atoms with van der Waals surface area (Å²) in [5.41, 5.74) is -0.594. The topological polar surface area (TPSA) is 151 Å². The predicted molar refractivity (Wildman–Crippen MR) is 176 cm³/mol. The van der Waals surface area contributed by atoms with Crippen LogP contribution in [0.15, 0.2) is 48.8 Å². The molecule has 16 heteroatoms. The number of hydrogen-bond donors (Lipinski definition) is 2. The lowest BCUT2D eigenvalue weighted by molar-refractivity contribution is -0.138. The number of aromatic nitrogens is 2. The van der Waals surface area contributed by atoms with E-state index in [9.17, 15) is 41.7 Å². The highest BCUT2D eigenvalue weighted by molar-refractivity contribution is 7.70. The van der Waals surface area contributed by atoms with E-state index < -0.39 is 60.0 Å². The number of alkyl halides is 3. The van der Waals surface area contributed by atoms with E-state index in [0.29, 0.717) is 24.3 Å². The number of carbonyl (C=O) groups excluding carboxylic acids is 5. The van der Waals surface area contributed by atoms with Crippen LogP contribution in [0.4, 0.5) is 24.5 Å². The van der Waals surface area contributed by atoms with Gasteiger partial charge in [-0.15, -0.1) is 0 Å². The van der Waals surface area contributed by atoms with E-state index in [0.717, 1.165) is 23.1 Å². The number of imide groups is 2. The maximum absolute atomic E-state index is 13.3. The second kappa shape index (κ2) is 12.3.